The van der Waals surface area contributed by atoms with Crippen LogP contribution in [-0.4, -0.2) is 25.1 Å². The van der Waals surface area contributed by atoms with Crippen molar-refractivity contribution in [2.45, 2.75) is 37.1 Å². The highest BCUT2D eigenvalue weighted by atomic mass is 32.2. The number of nitrogen functional groups attached to an aromatic ring is 1. The Morgan fingerprint density at radius 3 is 2.71 bits per heavy atom. The molecule has 2 unspecified atom stereocenters. The molecule has 0 spiro atoms. The number of nitrogens with zero attached hydrogens (tertiary/aromatic N) is 1. The molecule has 0 aromatic carbocycles. The topological polar surface area (TPSA) is 85.1 Å². The van der Waals surface area contributed by atoms with Crippen LogP contribution in [0.3, 0.4) is 0 Å². The monoisotopic (exact) mass is 275 g/mol. The van der Waals surface area contributed by atoms with Gasteiger partial charge in [0, 0.05) is 12.3 Å². The van der Waals surface area contributed by atoms with Crippen molar-refractivity contribution in [1.82, 2.24) is 4.37 Å². The summed E-state index contributed by atoms with van der Waals surface area (Å²) in [5.74, 6) is 0.663. The highest BCUT2D eigenvalue weighted by Crippen LogP contribution is 2.35. The van der Waals surface area contributed by atoms with Crippen molar-refractivity contribution in [3.63, 3.8) is 0 Å². The van der Waals surface area contributed by atoms with E-state index in [1.165, 1.54) is 12.8 Å². The second kappa shape index (κ2) is 4.45. The van der Waals surface area contributed by atoms with Crippen LogP contribution in [0.15, 0.2) is 4.90 Å². The molecule has 1 saturated carbocycles. The number of hydrogen-bond donors (Lipinski definition) is 2. The van der Waals surface area contributed by atoms with Gasteiger partial charge in [-0.25, -0.2) is 8.42 Å². The lowest BCUT2D eigenvalue weighted by molar-refractivity contribution is 0.556. The zero-order chi connectivity index (χ0) is 12.6. The summed E-state index contributed by atoms with van der Waals surface area (Å²) in [6, 6.07) is 0.329. The maximum absolute atomic E-state index is 11.6. The van der Waals surface area contributed by atoms with Crippen LogP contribution >= 0.6 is 11.5 Å². The SMILES string of the molecule is CC1CCCC1Nc1snc(N)c1S(C)(=O)=O. The third-order valence-electron chi connectivity index (χ3n) is 3.22. The number of sulfone groups is 1. The van der Waals surface area contributed by atoms with Crippen molar-refractivity contribution in [1.29, 1.82) is 0 Å². The highest BCUT2D eigenvalue weighted by molar-refractivity contribution is 7.91. The summed E-state index contributed by atoms with van der Waals surface area (Å²) in [5.41, 5.74) is 5.62. The van der Waals surface area contributed by atoms with Crippen molar-refractivity contribution < 1.29 is 8.42 Å². The van der Waals surface area contributed by atoms with Gasteiger partial charge in [-0.05, 0) is 30.3 Å². The summed E-state index contributed by atoms with van der Waals surface area (Å²) in [4.78, 5) is 0.154. The molecular formula is C10H17N3O2S2. The van der Waals surface area contributed by atoms with Crippen molar-refractivity contribution in [3.05, 3.63) is 0 Å². The first kappa shape index (κ1) is 12.6. The number of hydrogen-bond acceptors (Lipinski definition) is 6. The molecule has 1 aromatic heterocycles. The molecule has 0 bridgehead atoms. The third-order valence-corrected chi connectivity index (χ3v) is 5.30. The Morgan fingerprint density at radius 2 is 2.18 bits per heavy atom. The molecule has 2 atom stereocenters. The van der Waals surface area contributed by atoms with Gasteiger partial charge in [0.15, 0.2) is 15.7 Å². The number of rotatable bonds is 3. The van der Waals surface area contributed by atoms with Crippen LogP contribution in [0.2, 0.25) is 0 Å². The van der Waals surface area contributed by atoms with E-state index >= 15 is 0 Å². The number of anilines is 2. The molecule has 2 rings (SSSR count). The minimum Gasteiger partial charge on any atom is -0.382 e. The van der Waals surface area contributed by atoms with E-state index in [9.17, 15) is 8.42 Å². The lowest BCUT2D eigenvalue weighted by Crippen LogP contribution is -2.22. The van der Waals surface area contributed by atoms with Gasteiger partial charge in [-0.15, -0.1) is 0 Å². The van der Waals surface area contributed by atoms with Gasteiger partial charge in [0.1, 0.15) is 9.90 Å². The van der Waals surface area contributed by atoms with Gasteiger partial charge in [-0.3, -0.25) is 0 Å². The molecule has 17 heavy (non-hydrogen) atoms. The molecule has 1 heterocycles. The van der Waals surface area contributed by atoms with Crippen LogP contribution in [0.4, 0.5) is 10.8 Å². The van der Waals surface area contributed by atoms with Crippen LogP contribution in [0.1, 0.15) is 26.2 Å². The fourth-order valence-electron chi connectivity index (χ4n) is 2.27. The molecule has 1 aromatic rings. The molecule has 3 N–H and O–H groups in total. The molecule has 7 heteroatoms. The Labute approximate surface area is 105 Å². The molecule has 0 amide bonds. The second-order valence-electron chi connectivity index (χ2n) is 4.66. The van der Waals surface area contributed by atoms with Crippen LogP contribution in [0, 0.1) is 5.92 Å². The zero-order valence-corrected chi connectivity index (χ0v) is 11.6. The van der Waals surface area contributed by atoms with Crippen LogP contribution in [0.25, 0.3) is 0 Å². The van der Waals surface area contributed by atoms with E-state index in [-0.39, 0.29) is 10.7 Å². The molecule has 1 aliphatic rings. The maximum atomic E-state index is 11.6. The van der Waals surface area contributed by atoms with Gasteiger partial charge in [0.25, 0.3) is 0 Å². The zero-order valence-electron chi connectivity index (χ0n) is 9.93. The van der Waals surface area contributed by atoms with Crippen molar-refractivity contribution >= 4 is 32.2 Å². The number of aromatic nitrogens is 1. The van der Waals surface area contributed by atoms with E-state index < -0.39 is 9.84 Å². The summed E-state index contributed by atoms with van der Waals surface area (Å²) in [6.07, 6.45) is 4.60. The lowest BCUT2D eigenvalue weighted by Gasteiger charge is -2.17. The van der Waals surface area contributed by atoms with E-state index in [2.05, 4.69) is 16.6 Å². The van der Waals surface area contributed by atoms with Crippen LogP contribution in [-0.2, 0) is 9.84 Å². The molecular weight excluding hydrogens is 258 g/mol. The van der Waals surface area contributed by atoms with Crippen LogP contribution in [0.5, 0.6) is 0 Å². The molecule has 0 saturated heterocycles. The third kappa shape index (κ3) is 2.55. The smallest absolute Gasteiger partial charge is 0.182 e. The first-order valence-electron chi connectivity index (χ1n) is 5.61. The molecule has 1 fully saturated rings. The first-order valence-corrected chi connectivity index (χ1v) is 8.28. The van der Waals surface area contributed by atoms with Gasteiger partial charge < -0.3 is 11.1 Å². The number of nitrogens with one attached hydrogen (secondary N) is 1. The Hall–Kier alpha value is -0.820. The second-order valence-corrected chi connectivity index (χ2v) is 7.38. The Morgan fingerprint density at radius 1 is 1.47 bits per heavy atom. The summed E-state index contributed by atoms with van der Waals surface area (Å²) < 4.78 is 27.2. The van der Waals surface area contributed by atoms with Gasteiger partial charge in [0.05, 0.1) is 0 Å². The van der Waals surface area contributed by atoms with Crippen LogP contribution < -0.4 is 11.1 Å². The summed E-state index contributed by atoms with van der Waals surface area (Å²) >= 11 is 1.13. The number of nitrogens with two attached hydrogens (primary N) is 1. The fraction of sp³-hybridized carbons (Fsp3) is 0.700. The van der Waals surface area contributed by atoms with E-state index in [1.54, 1.807) is 0 Å². The van der Waals surface area contributed by atoms with Crippen molar-refractivity contribution in [2.75, 3.05) is 17.3 Å². The lowest BCUT2D eigenvalue weighted by atomic mass is 10.1. The van der Waals surface area contributed by atoms with Gasteiger partial charge in [-0.1, -0.05) is 13.3 Å². The standard InChI is InChI=1S/C10H17N3O2S2/c1-6-4-3-5-7(6)12-10-8(17(2,14)15)9(11)13-16-10/h6-7,12H,3-5H2,1-2H3,(H2,11,13). The van der Waals surface area contributed by atoms with Crippen molar-refractivity contribution in [2.24, 2.45) is 5.92 Å². The van der Waals surface area contributed by atoms with E-state index in [4.69, 9.17) is 5.73 Å². The maximum Gasteiger partial charge on any atom is 0.182 e. The van der Waals surface area contributed by atoms with E-state index in [0.717, 1.165) is 24.2 Å². The molecule has 96 valence electrons. The van der Waals surface area contributed by atoms with Gasteiger partial charge >= 0.3 is 0 Å². The minimum absolute atomic E-state index is 0.102. The molecule has 0 aliphatic heterocycles. The Kier molecular flexibility index (Phi) is 3.31. The Bertz CT molecular complexity index is 510. The fourth-order valence-corrected chi connectivity index (χ4v) is 4.39. The summed E-state index contributed by atoms with van der Waals surface area (Å²) in [6.45, 7) is 2.18. The quantitative estimate of drug-likeness (QED) is 0.877. The summed E-state index contributed by atoms with van der Waals surface area (Å²) in [7, 11) is -3.32. The predicted molar refractivity (Wildman–Crippen MR) is 70.1 cm³/mol. The predicted octanol–water partition coefficient (Wildman–Crippen LogP) is 1.73. The normalized spacial score (nSPS) is 25.1. The first-order chi connectivity index (χ1) is 7.89. The van der Waals surface area contributed by atoms with E-state index in [1.807, 2.05) is 0 Å². The molecule has 1 aliphatic carbocycles. The minimum atomic E-state index is -3.32. The van der Waals surface area contributed by atoms with Gasteiger partial charge in [0.2, 0.25) is 0 Å². The van der Waals surface area contributed by atoms with Gasteiger partial charge in [-0.2, -0.15) is 4.37 Å². The average Bonchev–Trinajstić information content (AvgIpc) is 2.74. The van der Waals surface area contributed by atoms with E-state index in [0.29, 0.717) is 17.0 Å². The average molecular weight is 275 g/mol. The van der Waals surface area contributed by atoms with Crippen molar-refractivity contribution in [3.8, 4) is 0 Å². The molecule has 0 radical (unpaired) electrons. The largest absolute Gasteiger partial charge is 0.382 e. The molecule has 5 nitrogen and oxygen atoms in total. The Balaban J connectivity index is 2.28. The summed E-state index contributed by atoms with van der Waals surface area (Å²) in [5, 5.41) is 3.87. The highest BCUT2D eigenvalue weighted by Gasteiger charge is 2.27.